The molecule has 3 nitrogen and oxygen atoms in total. The fraction of sp³-hybridized carbons (Fsp3) is 1.00. The fourth-order valence-electron chi connectivity index (χ4n) is 3.52. The van der Waals surface area contributed by atoms with Gasteiger partial charge >= 0.3 is 0 Å². The van der Waals surface area contributed by atoms with Crippen molar-refractivity contribution < 1.29 is 10.2 Å². The second-order valence-electron chi connectivity index (χ2n) is 6.00. The quantitative estimate of drug-likeness (QED) is 0.786. The lowest BCUT2D eigenvalue weighted by Crippen LogP contribution is -2.38. The molecule has 2 N–H and O–H groups in total. The molecular weight excluding hydrogens is 214 g/mol. The Labute approximate surface area is 105 Å². The van der Waals surface area contributed by atoms with Crippen LogP contribution in [0.5, 0.6) is 0 Å². The third-order valence-corrected chi connectivity index (χ3v) is 4.49. The van der Waals surface area contributed by atoms with Crippen molar-refractivity contribution in [1.29, 1.82) is 0 Å². The average Bonchev–Trinajstić information content (AvgIpc) is 2.69. The van der Waals surface area contributed by atoms with E-state index >= 15 is 0 Å². The zero-order valence-electron chi connectivity index (χ0n) is 11.0. The first kappa shape index (κ1) is 13.3. The van der Waals surface area contributed by atoms with E-state index in [4.69, 9.17) is 0 Å². The summed E-state index contributed by atoms with van der Waals surface area (Å²) in [6, 6.07) is 0. The van der Waals surface area contributed by atoms with E-state index in [1.165, 1.54) is 25.7 Å². The molecule has 0 radical (unpaired) electrons. The second kappa shape index (κ2) is 6.17. The minimum Gasteiger partial charge on any atom is -0.393 e. The van der Waals surface area contributed by atoms with E-state index in [9.17, 15) is 10.2 Å². The summed E-state index contributed by atoms with van der Waals surface area (Å²) in [5.41, 5.74) is 0. The molecule has 4 atom stereocenters. The van der Waals surface area contributed by atoms with Crippen LogP contribution in [0.2, 0.25) is 0 Å². The van der Waals surface area contributed by atoms with Crippen molar-refractivity contribution in [2.24, 2.45) is 11.8 Å². The topological polar surface area (TPSA) is 43.7 Å². The first-order chi connectivity index (χ1) is 8.19. The highest BCUT2D eigenvalue weighted by molar-refractivity contribution is 4.84. The monoisotopic (exact) mass is 241 g/mol. The molecule has 4 unspecified atom stereocenters. The second-order valence-corrected chi connectivity index (χ2v) is 6.00. The van der Waals surface area contributed by atoms with Gasteiger partial charge in [-0.1, -0.05) is 19.8 Å². The van der Waals surface area contributed by atoms with Crippen LogP contribution in [-0.2, 0) is 0 Å². The van der Waals surface area contributed by atoms with E-state index in [2.05, 4.69) is 11.8 Å². The molecule has 1 heterocycles. The molecule has 1 aliphatic heterocycles. The summed E-state index contributed by atoms with van der Waals surface area (Å²) in [5, 5.41) is 19.6. The highest BCUT2D eigenvalue weighted by atomic mass is 16.3. The Morgan fingerprint density at radius 1 is 1.18 bits per heavy atom. The summed E-state index contributed by atoms with van der Waals surface area (Å²) in [6.45, 7) is 5.04. The molecule has 0 aromatic rings. The third-order valence-electron chi connectivity index (χ3n) is 4.49. The summed E-state index contributed by atoms with van der Waals surface area (Å²) in [6.07, 6.45) is 6.59. The van der Waals surface area contributed by atoms with Crippen molar-refractivity contribution in [3.05, 3.63) is 0 Å². The predicted octanol–water partition coefficient (Wildman–Crippen LogP) is 1.63. The molecule has 1 aliphatic carbocycles. The number of hydrogen-bond acceptors (Lipinski definition) is 3. The number of aliphatic hydroxyl groups is 2. The van der Waals surface area contributed by atoms with Gasteiger partial charge in [-0.2, -0.15) is 0 Å². The summed E-state index contributed by atoms with van der Waals surface area (Å²) in [7, 11) is 0. The lowest BCUT2D eigenvalue weighted by Gasteiger charge is -2.35. The lowest BCUT2D eigenvalue weighted by molar-refractivity contribution is 0.0275. The van der Waals surface area contributed by atoms with Crippen LogP contribution in [0.1, 0.15) is 45.4 Å². The number of hydrogen-bond donors (Lipinski definition) is 2. The Bertz CT molecular complexity index is 234. The van der Waals surface area contributed by atoms with Gasteiger partial charge in [0.1, 0.15) is 0 Å². The van der Waals surface area contributed by atoms with Crippen LogP contribution in [0, 0.1) is 11.8 Å². The number of likely N-dealkylation sites (tertiary alicyclic amines) is 1. The Hall–Kier alpha value is -0.120. The molecule has 2 aliphatic rings. The zero-order chi connectivity index (χ0) is 12.3. The maximum atomic E-state index is 10.1. The molecule has 0 amide bonds. The Balaban J connectivity index is 1.81. The minimum absolute atomic E-state index is 0.110. The van der Waals surface area contributed by atoms with E-state index in [1.807, 2.05) is 0 Å². The number of rotatable bonds is 4. The summed E-state index contributed by atoms with van der Waals surface area (Å²) in [5.74, 6) is 1.26. The molecule has 2 fully saturated rings. The van der Waals surface area contributed by atoms with Gasteiger partial charge in [-0.15, -0.1) is 0 Å². The van der Waals surface area contributed by atoms with Gasteiger partial charge in [0.25, 0.3) is 0 Å². The van der Waals surface area contributed by atoms with Gasteiger partial charge in [-0.25, -0.2) is 0 Å². The molecule has 2 rings (SSSR count). The molecule has 1 saturated heterocycles. The van der Waals surface area contributed by atoms with Gasteiger partial charge in [0, 0.05) is 19.6 Å². The molecule has 0 spiro atoms. The van der Waals surface area contributed by atoms with Crippen molar-refractivity contribution in [2.45, 2.75) is 57.7 Å². The van der Waals surface area contributed by atoms with Crippen molar-refractivity contribution >= 4 is 0 Å². The first-order valence-corrected chi connectivity index (χ1v) is 7.27. The lowest BCUT2D eigenvalue weighted by atomic mass is 9.77. The van der Waals surface area contributed by atoms with Crippen molar-refractivity contribution in [3.63, 3.8) is 0 Å². The largest absolute Gasteiger partial charge is 0.393 e. The highest BCUT2D eigenvalue weighted by Gasteiger charge is 2.31. The van der Waals surface area contributed by atoms with Gasteiger partial charge < -0.3 is 15.1 Å². The average molecular weight is 241 g/mol. The molecular formula is C14H27NO2. The number of aliphatic hydroxyl groups excluding tert-OH is 2. The van der Waals surface area contributed by atoms with Gasteiger partial charge in [0.15, 0.2) is 0 Å². The highest BCUT2D eigenvalue weighted by Crippen LogP contribution is 2.33. The van der Waals surface area contributed by atoms with Crippen LogP contribution in [0.15, 0.2) is 0 Å². The van der Waals surface area contributed by atoms with Gasteiger partial charge in [-0.3, -0.25) is 0 Å². The van der Waals surface area contributed by atoms with E-state index in [0.29, 0.717) is 5.92 Å². The summed E-state index contributed by atoms with van der Waals surface area (Å²) >= 11 is 0. The Morgan fingerprint density at radius 2 is 2.00 bits per heavy atom. The normalized spacial score (nSPS) is 39.7. The standard InChI is InChI=1S/C14H27NO2/c1-2-3-11-4-5-14(17)12(8-11)9-15-7-6-13(16)10-15/h11-14,16-17H,2-10H2,1H3. The first-order valence-electron chi connectivity index (χ1n) is 7.27. The van der Waals surface area contributed by atoms with E-state index in [1.54, 1.807) is 0 Å². The Morgan fingerprint density at radius 3 is 2.65 bits per heavy atom. The molecule has 1 saturated carbocycles. The SMILES string of the molecule is CCCC1CCC(O)C(CN2CCC(O)C2)C1. The molecule has 3 heteroatoms. The van der Waals surface area contributed by atoms with Crippen LogP contribution in [0.3, 0.4) is 0 Å². The summed E-state index contributed by atoms with van der Waals surface area (Å²) in [4.78, 5) is 2.33. The van der Waals surface area contributed by atoms with Crippen LogP contribution < -0.4 is 0 Å². The molecule has 0 bridgehead atoms. The smallest absolute Gasteiger partial charge is 0.0679 e. The van der Waals surface area contributed by atoms with Gasteiger partial charge in [-0.05, 0) is 37.5 Å². The summed E-state index contributed by atoms with van der Waals surface area (Å²) < 4.78 is 0. The van der Waals surface area contributed by atoms with Crippen LogP contribution in [0.25, 0.3) is 0 Å². The molecule has 17 heavy (non-hydrogen) atoms. The van der Waals surface area contributed by atoms with Crippen LogP contribution in [-0.4, -0.2) is 47.0 Å². The molecule has 0 aromatic heterocycles. The Kier molecular flexibility index (Phi) is 4.83. The van der Waals surface area contributed by atoms with Crippen molar-refractivity contribution in [1.82, 2.24) is 4.90 Å². The fourth-order valence-corrected chi connectivity index (χ4v) is 3.52. The molecule has 100 valence electrons. The van der Waals surface area contributed by atoms with Crippen LogP contribution >= 0.6 is 0 Å². The number of nitrogens with zero attached hydrogens (tertiary/aromatic N) is 1. The van der Waals surface area contributed by atoms with E-state index in [-0.39, 0.29) is 12.2 Å². The maximum Gasteiger partial charge on any atom is 0.0679 e. The minimum atomic E-state index is -0.137. The van der Waals surface area contributed by atoms with Crippen molar-refractivity contribution in [2.75, 3.05) is 19.6 Å². The zero-order valence-corrected chi connectivity index (χ0v) is 11.0. The van der Waals surface area contributed by atoms with Crippen molar-refractivity contribution in [3.8, 4) is 0 Å². The maximum absolute atomic E-state index is 10.1. The molecule has 0 aromatic carbocycles. The van der Waals surface area contributed by atoms with E-state index in [0.717, 1.165) is 38.4 Å². The van der Waals surface area contributed by atoms with E-state index < -0.39 is 0 Å². The third kappa shape index (κ3) is 3.67. The van der Waals surface area contributed by atoms with Gasteiger partial charge in [0.05, 0.1) is 12.2 Å². The number of β-amino-alcohol motifs (C(OH)–C–C–N with tert-alkyl or cyclic N) is 1. The van der Waals surface area contributed by atoms with Crippen LogP contribution in [0.4, 0.5) is 0 Å². The van der Waals surface area contributed by atoms with Gasteiger partial charge in [0.2, 0.25) is 0 Å². The predicted molar refractivity (Wildman–Crippen MR) is 68.8 cm³/mol.